The van der Waals surface area contributed by atoms with Crippen LogP contribution >= 0.6 is 11.8 Å². The first-order valence-electron chi connectivity index (χ1n) is 6.68. The van der Waals surface area contributed by atoms with Crippen molar-refractivity contribution in [2.45, 2.75) is 4.90 Å². The maximum atomic E-state index is 12.4. The van der Waals surface area contributed by atoms with Crippen molar-refractivity contribution in [3.05, 3.63) is 66.6 Å². The second kappa shape index (κ2) is 6.44. The molecule has 0 unspecified atom stereocenters. The molecule has 3 rings (SSSR count). The van der Waals surface area contributed by atoms with E-state index >= 15 is 0 Å². The van der Waals surface area contributed by atoms with Crippen LogP contribution in [-0.2, 0) is 0 Å². The van der Waals surface area contributed by atoms with Gasteiger partial charge < -0.3 is 5.32 Å². The van der Waals surface area contributed by atoms with Gasteiger partial charge in [-0.2, -0.15) is 5.10 Å². The molecule has 0 aliphatic heterocycles. The number of para-hydroxylation sites is 1. The van der Waals surface area contributed by atoms with Crippen LogP contribution in [0.15, 0.2) is 66.0 Å². The van der Waals surface area contributed by atoms with E-state index in [2.05, 4.69) is 15.4 Å². The summed E-state index contributed by atoms with van der Waals surface area (Å²) in [5.74, 6) is 0.452. The Bertz CT molecular complexity index is 771. The van der Waals surface area contributed by atoms with E-state index in [1.54, 1.807) is 29.2 Å². The van der Waals surface area contributed by atoms with Gasteiger partial charge in [0, 0.05) is 12.4 Å². The number of pyridine rings is 1. The molecule has 1 aromatic carbocycles. The van der Waals surface area contributed by atoms with Gasteiger partial charge in [0.2, 0.25) is 0 Å². The largest absolute Gasteiger partial charge is 0.305 e. The average Bonchev–Trinajstić information content (AvgIpc) is 2.99. The topological polar surface area (TPSA) is 59.8 Å². The maximum Gasteiger partial charge on any atom is 0.258 e. The number of aromatic nitrogens is 3. The number of rotatable bonds is 4. The van der Waals surface area contributed by atoms with Gasteiger partial charge in [0.25, 0.3) is 5.91 Å². The Balaban J connectivity index is 1.96. The molecular weight excluding hydrogens is 296 g/mol. The summed E-state index contributed by atoms with van der Waals surface area (Å²) in [7, 11) is 0. The molecule has 0 bridgehead atoms. The molecule has 5 nitrogen and oxygen atoms in total. The van der Waals surface area contributed by atoms with Gasteiger partial charge in [-0.3, -0.25) is 9.78 Å². The van der Waals surface area contributed by atoms with Gasteiger partial charge >= 0.3 is 0 Å². The molecule has 2 aromatic heterocycles. The van der Waals surface area contributed by atoms with Gasteiger partial charge in [-0.1, -0.05) is 18.2 Å². The zero-order valence-electron chi connectivity index (χ0n) is 11.9. The zero-order valence-corrected chi connectivity index (χ0v) is 12.7. The number of thioether (sulfide) groups is 1. The van der Waals surface area contributed by atoms with E-state index in [1.807, 2.05) is 36.6 Å². The van der Waals surface area contributed by atoms with Gasteiger partial charge in [-0.05, 0) is 30.5 Å². The van der Waals surface area contributed by atoms with Crippen LogP contribution in [0.4, 0.5) is 5.82 Å². The van der Waals surface area contributed by atoms with Crippen LogP contribution in [0.25, 0.3) is 5.69 Å². The van der Waals surface area contributed by atoms with E-state index in [0.717, 1.165) is 10.6 Å². The molecular formula is C16H14N4OS. The summed E-state index contributed by atoms with van der Waals surface area (Å²) in [5.41, 5.74) is 1.40. The molecule has 0 saturated heterocycles. The van der Waals surface area contributed by atoms with Crippen molar-refractivity contribution < 1.29 is 4.79 Å². The average molecular weight is 310 g/mol. The van der Waals surface area contributed by atoms with E-state index in [0.29, 0.717) is 11.4 Å². The second-order valence-corrected chi connectivity index (χ2v) is 5.35. The molecule has 110 valence electrons. The summed E-state index contributed by atoms with van der Waals surface area (Å²) in [6.07, 6.45) is 6.87. The van der Waals surface area contributed by atoms with Crippen molar-refractivity contribution in [3.63, 3.8) is 0 Å². The fraction of sp³-hybridized carbons (Fsp3) is 0.0625. The fourth-order valence-electron chi connectivity index (χ4n) is 2.04. The summed E-state index contributed by atoms with van der Waals surface area (Å²) in [4.78, 5) is 17.2. The lowest BCUT2D eigenvalue weighted by Crippen LogP contribution is -2.15. The van der Waals surface area contributed by atoms with Gasteiger partial charge in [-0.15, -0.1) is 11.8 Å². The minimum atomic E-state index is -0.207. The standard InChI is InChI=1S/C16H14N4OS/c1-22-14-11-18-20(13-7-3-2-4-8-13)15(14)19-16(21)12-6-5-9-17-10-12/h2-11H,1H3,(H,19,21). The van der Waals surface area contributed by atoms with Gasteiger partial charge in [0.1, 0.15) is 5.82 Å². The van der Waals surface area contributed by atoms with Crippen LogP contribution in [0, 0.1) is 0 Å². The number of carbonyl (C=O) groups excluding carboxylic acids is 1. The summed E-state index contributed by atoms with van der Waals surface area (Å²) < 4.78 is 1.72. The van der Waals surface area contributed by atoms with Crippen LogP contribution in [0.5, 0.6) is 0 Å². The lowest BCUT2D eigenvalue weighted by Gasteiger charge is -2.10. The Hall–Kier alpha value is -2.60. The number of nitrogens with zero attached hydrogens (tertiary/aromatic N) is 3. The number of carbonyl (C=O) groups is 1. The molecule has 22 heavy (non-hydrogen) atoms. The van der Waals surface area contributed by atoms with Crippen LogP contribution < -0.4 is 5.32 Å². The SMILES string of the molecule is CSc1cnn(-c2ccccc2)c1NC(=O)c1cccnc1. The van der Waals surface area contributed by atoms with Crippen molar-refractivity contribution in [3.8, 4) is 5.69 Å². The fourth-order valence-corrected chi connectivity index (χ4v) is 2.52. The first kappa shape index (κ1) is 14.3. The van der Waals surface area contributed by atoms with E-state index < -0.39 is 0 Å². The normalized spacial score (nSPS) is 10.4. The number of benzene rings is 1. The van der Waals surface area contributed by atoms with Gasteiger partial charge in [0.05, 0.1) is 22.3 Å². The molecule has 0 aliphatic carbocycles. The number of hydrogen-bond donors (Lipinski definition) is 1. The van der Waals surface area contributed by atoms with Crippen molar-refractivity contribution in [2.24, 2.45) is 0 Å². The highest BCUT2D eigenvalue weighted by Crippen LogP contribution is 2.27. The number of nitrogens with one attached hydrogen (secondary N) is 1. The Kier molecular flexibility index (Phi) is 4.20. The van der Waals surface area contributed by atoms with Crippen molar-refractivity contribution in [2.75, 3.05) is 11.6 Å². The minimum absolute atomic E-state index is 0.207. The van der Waals surface area contributed by atoms with Crippen molar-refractivity contribution in [1.29, 1.82) is 0 Å². The monoisotopic (exact) mass is 310 g/mol. The molecule has 0 aliphatic rings. The van der Waals surface area contributed by atoms with Gasteiger partial charge in [0.15, 0.2) is 0 Å². The maximum absolute atomic E-state index is 12.4. The first-order chi connectivity index (χ1) is 10.8. The smallest absolute Gasteiger partial charge is 0.258 e. The summed E-state index contributed by atoms with van der Waals surface area (Å²) in [6, 6.07) is 13.2. The molecule has 1 N–H and O–H groups in total. The molecule has 3 aromatic rings. The number of anilines is 1. The predicted octanol–water partition coefficient (Wildman–Crippen LogP) is 3.24. The Morgan fingerprint density at radius 3 is 2.64 bits per heavy atom. The Morgan fingerprint density at radius 1 is 1.14 bits per heavy atom. The van der Waals surface area contributed by atoms with Crippen LogP contribution in [0.1, 0.15) is 10.4 Å². The molecule has 0 radical (unpaired) electrons. The van der Waals surface area contributed by atoms with Crippen molar-refractivity contribution >= 4 is 23.5 Å². The molecule has 2 heterocycles. The van der Waals surface area contributed by atoms with Crippen LogP contribution in [0.2, 0.25) is 0 Å². The lowest BCUT2D eigenvalue weighted by molar-refractivity contribution is 0.102. The highest BCUT2D eigenvalue weighted by atomic mass is 32.2. The molecule has 0 spiro atoms. The Morgan fingerprint density at radius 2 is 1.95 bits per heavy atom. The number of amides is 1. The summed E-state index contributed by atoms with van der Waals surface area (Å²) in [6.45, 7) is 0. The lowest BCUT2D eigenvalue weighted by atomic mass is 10.2. The molecule has 0 atom stereocenters. The highest BCUT2D eigenvalue weighted by Gasteiger charge is 2.15. The molecule has 1 amide bonds. The third kappa shape index (κ3) is 2.87. The van der Waals surface area contributed by atoms with E-state index in [1.165, 1.54) is 18.0 Å². The molecule has 0 saturated carbocycles. The molecule has 6 heteroatoms. The number of hydrogen-bond acceptors (Lipinski definition) is 4. The van der Waals surface area contributed by atoms with Gasteiger partial charge in [-0.25, -0.2) is 4.68 Å². The third-order valence-electron chi connectivity index (χ3n) is 3.11. The predicted molar refractivity (Wildman–Crippen MR) is 87.5 cm³/mol. The Labute approximate surface area is 132 Å². The van der Waals surface area contributed by atoms with Crippen molar-refractivity contribution in [1.82, 2.24) is 14.8 Å². The van der Waals surface area contributed by atoms with E-state index in [9.17, 15) is 4.79 Å². The summed E-state index contributed by atoms with van der Waals surface area (Å²) >= 11 is 1.53. The second-order valence-electron chi connectivity index (χ2n) is 4.50. The zero-order chi connectivity index (χ0) is 15.4. The highest BCUT2D eigenvalue weighted by molar-refractivity contribution is 7.98. The minimum Gasteiger partial charge on any atom is -0.305 e. The quantitative estimate of drug-likeness (QED) is 0.752. The van der Waals surface area contributed by atoms with Crippen LogP contribution in [0.3, 0.4) is 0 Å². The third-order valence-corrected chi connectivity index (χ3v) is 3.85. The summed E-state index contributed by atoms with van der Waals surface area (Å²) in [5, 5.41) is 7.29. The van der Waals surface area contributed by atoms with E-state index in [-0.39, 0.29) is 5.91 Å². The van der Waals surface area contributed by atoms with E-state index in [4.69, 9.17) is 0 Å². The first-order valence-corrected chi connectivity index (χ1v) is 7.91. The van der Waals surface area contributed by atoms with Crippen LogP contribution in [-0.4, -0.2) is 26.9 Å². The molecule has 0 fully saturated rings.